The SMILES string of the molecule is CC[C@H](NC(=O)C[NH+]1CCN(C(C)=O)CC1)c1ccc(C)cc1. The number of nitrogens with zero attached hydrogens (tertiary/aromatic N) is 1. The van der Waals surface area contributed by atoms with Gasteiger partial charge >= 0.3 is 0 Å². The number of quaternary nitrogens is 1. The molecule has 0 saturated carbocycles. The van der Waals surface area contributed by atoms with Crippen LogP contribution in [0.25, 0.3) is 0 Å². The zero-order valence-corrected chi connectivity index (χ0v) is 14.4. The molecule has 0 unspecified atom stereocenters. The number of aryl methyl sites for hydroxylation is 1. The van der Waals surface area contributed by atoms with Crippen molar-refractivity contribution in [1.29, 1.82) is 0 Å². The number of piperazine rings is 1. The molecular formula is C18H28N3O2+. The maximum absolute atomic E-state index is 12.3. The Balaban J connectivity index is 1.84. The Morgan fingerprint density at radius 2 is 1.83 bits per heavy atom. The standard InChI is InChI=1S/C18H27N3O2/c1-4-17(16-7-5-14(2)6-8-16)19-18(23)13-20-9-11-21(12-10-20)15(3)22/h5-8,17H,4,9-13H2,1-3H3,(H,19,23)/p+1/t17-/m0/s1. The van der Waals surface area contributed by atoms with Crippen LogP contribution >= 0.6 is 0 Å². The van der Waals surface area contributed by atoms with Crippen molar-refractivity contribution in [3.63, 3.8) is 0 Å². The molecule has 23 heavy (non-hydrogen) atoms. The molecule has 1 atom stereocenters. The minimum atomic E-state index is 0.0704. The summed E-state index contributed by atoms with van der Waals surface area (Å²) < 4.78 is 0. The van der Waals surface area contributed by atoms with Crippen molar-refractivity contribution in [3.8, 4) is 0 Å². The summed E-state index contributed by atoms with van der Waals surface area (Å²) in [4.78, 5) is 26.8. The first-order valence-corrected chi connectivity index (χ1v) is 8.44. The highest BCUT2D eigenvalue weighted by Crippen LogP contribution is 2.16. The molecule has 2 N–H and O–H groups in total. The van der Waals surface area contributed by atoms with E-state index in [0.717, 1.165) is 38.2 Å². The Kier molecular flexibility index (Phi) is 6.16. The molecule has 1 aliphatic rings. The van der Waals surface area contributed by atoms with Crippen LogP contribution < -0.4 is 10.2 Å². The van der Waals surface area contributed by atoms with Crippen LogP contribution in [0, 0.1) is 6.92 Å². The molecule has 0 aromatic heterocycles. The predicted molar refractivity (Wildman–Crippen MR) is 90.2 cm³/mol. The lowest BCUT2D eigenvalue weighted by molar-refractivity contribution is -0.896. The van der Waals surface area contributed by atoms with E-state index in [1.165, 1.54) is 10.5 Å². The summed E-state index contributed by atoms with van der Waals surface area (Å²) in [6.45, 7) is 9.40. The fourth-order valence-corrected chi connectivity index (χ4v) is 3.01. The maximum Gasteiger partial charge on any atom is 0.275 e. The highest BCUT2D eigenvalue weighted by molar-refractivity contribution is 5.77. The number of benzene rings is 1. The minimum absolute atomic E-state index is 0.0704. The lowest BCUT2D eigenvalue weighted by Crippen LogP contribution is -3.15. The van der Waals surface area contributed by atoms with Crippen LogP contribution in [-0.2, 0) is 9.59 Å². The Morgan fingerprint density at radius 3 is 2.35 bits per heavy atom. The van der Waals surface area contributed by atoms with Gasteiger partial charge in [-0.25, -0.2) is 0 Å². The molecule has 2 amide bonds. The number of carbonyl (C=O) groups is 2. The van der Waals surface area contributed by atoms with Gasteiger partial charge in [-0.2, -0.15) is 0 Å². The molecule has 0 bridgehead atoms. The highest BCUT2D eigenvalue weighted by Gasteiger charge is 2.24. The monoisotopic (exact) mass is 318 g/mol. The second-order valence-electron chi connectivity index (χ2n) is 6.37. The van der Waals surface area contributed by atoms with E-state index < -0.39 is 0 Å². The van der Waals surface area contributed by atoms with E-state index in [1.54, 1.807) is 6.92 Å². The number of nitrogens with one attached hydrogen (secondary N) is 2. The normalized spacial score (nSPS) is 16.9. The molecule has 1 saturated heterocycles. The van der Waals surface area contributed by atoms with Crippen molar-refractivity contribution in [2.75, 3.05) is 32.7 Å². The fraction of sp³-hybridized carbons (Fsp3) is 0.556. The number of carbonyl (C=O) groups excluding carboxylic acids is 2. The van der Waals surface area contributed by atoms with Gasteiger partial charge in [0.15, 0.2) is 6.54 Å². The number of amides is 2. The third-order valence-electron chi connectivity index (χ3n) is 4.55. The van der Waals surface area contributed by atoms with Crippen molar-refractivity contribution in [3.05, 3.63) is 35.4 Å². The highest BCUT2D eigenvalue weighted by atomic mass is 16.2. The Hall–Kier alpha value is -1.88. The quantitative estimate of drug-likeness (QED) is 0.821. The first-order valence-electron chi connectivity index (χ1n) is 8.44. The Labute approximate surface area is 138 Å². The molecule has 1 heterocycles. The average Bonchev–Trinajstić information content (AvgIpc) is 2.54. The van der Waals surface area contributed by atoms with Crippen LogP contribution in [0.3, 0.4) is 0 Å². The van der Waals surface area contributed by atoms with Crippen LogP contribution in [0.1, 0.15) is 37.4 Å². The van der Waals surface area contributed by atoms with Crippen LogP contribution in [0.2, 0.25) is 0 Å². The van der Waals surface area contributed by atoms with E-state index in [1.807, 2.05) is 4.90 Å². The number of rotatable bonds is 5. The molecule has 1 fully saturated rings. The van der Waals surface area contributed by atoms with Gasteiger partial charge in [0, 0.05) is 6.92 Å². The van der Waals surface area contributed by atoms with Gasteiger partial charge in [-0.15, -0.1) is 0 Å². The van der Waals surface area contributed by atoms with Gasteiger partial charge in [-0.05, 0) is 18.9 Å². The van der Waals surface area contributed by atoms with Crippen molar-refractivity contribution in [2.24, 2.45) is 0 Å². The average molecular weight is 318 g/mol. The third-order valence-corrected chi connectivity index (χ3v) is 4.55. The lowest BCUT2D eigenvalue weighted by atomic mass is 10.0. The third kappa shape index (κ3) is 5.06. The summed E-state index contributed by atoms with van der Waals surface area (Å²) in [6.07, 6.45) is 0.877. The van der Waals surface area contributed by atoms with Gasteiger partial charge in [0.1, 0.15) is 0 Å². The predicted octanol–water partition coefficient (Wildman–Crippen LogP) is 0.309. The van der Waals surface area contributed by atoms with Crippen molar-refractivity contribution in [1.82, 2.24) is 10.2 Å². The number of hydrogen-bond acceptors (Lipinski definition) is 2. The second kappa shape index (κ2) is 8.11. The van der Waals surface area contributed by atoms with E-state index in [9.17, 15) is 9.59 Å². The summed E-state index contributed by atoms with van der Waals surface area (Å²) >= 11 is 0. The fourth-order valence-electron chi connectivity index (χ4n) is 3.01. The van der Waals surface area contributed by atoms with Crippen molar-refractivity contribution < 1.29 is 14.5 Å². The Morgan fingerprint density at radius 1 is 1.22 bits per heavy atom. The summed E-state index contributed by atoms with van der Waals surface area (Å²) in [5.74, 6) is 0.211. The molecule has 2 rings (SSSR count). The van der Waals surface area contributed by atoms with E-state index in [-0.39, 0.29) is 17.9 Å². The van der Waals surface area contributed by atoms with Crippen LogP contribution in [0.15, 0.2) is 24.3 Å². The van der Waals surface area contributed by atoms with Crippen LogP contribution in [-0.4, -0.2) is 49.4 Å². The summed E-state index contributed by atoms with van der Waals surface area (Å²) in [7, 11) is 0. The molecule has 1 aliphatic heterocycles. The summed E-state index contributed by atoms with van der Waals surface area (Å²) in [5, 5.41) is 3.14. The van der Waals surface area contributed by atoms with Gasteiger partial charge in [0.2, 0.25) is 5.91 Å². The van der Waals surface area contributed by atoms with Gasteiger partial charge in [0.05, 0.1) is 32.2 Å². The van der Waals surface area contributed by atoms with E-state index >= 15 is 0 Å². The van der Waals surface area contributed by atoms with Crippen LogP contribution in [0.5, 0.6) is 0 Å². The van der Waals surface area contributed by atoms with Crippen LogP contribution in [0.4, 0.5) is 0 Å². The molecule has 0 spiro atoms. The van der Waals surface area contributed by atoms with Crippen molar-refractivity contribution >= 4 is 11.8 Å². The molecule has 0 radical (unpaired) electrons. The summed E-state index contributed by atoms with van der Waals surface area (Å²) in [6, 6.07) is 8.40. The molecule has 126 valence electrons. The smallest absolute Gasteiger partial charge is 0.275 e. The number of hydrogen-bond donors (Lipinski definition) is 2. The molecule has 1 aromatic carbocycles. The Bertz CT molecular complexity index is 534. The van der Waals surface area contributed by atoms with Gasteiger partial charge in [-0.3, -0.25) is 9.59 Å². The molecule has 5 nitrogen and oxygen atoms in total. The van der Waals surface area contributed by atoms with E-state index in [2.05, 4.69) is 43.4 Å². The van der Waals surface area contributed by atoms with E-state index in [0.29, 0.717) is 6.54 Å². The van der Waals surface area contributed by atoms with Gasteiger partial charge in [0.25, 0.3) is 5.91 Å². The van der Waals surface area contributed by atoms with E-state index in [4.69, 9.17) is 0 Å². The van der Waals surface area contributed by atoms with Gasteiger partial charge < -0.3 is 15.1 Å². The summed E-state index contributed by atoms with van der Waals surface area (Å²) in [5.41, 5.74) is 2.38. The van der Waals surface area contributed by atoms with Gasteiger partial charge in [-0.1, -0.05) is 36.8 Å². The zero-order chi connectivity index (χ0) is 16.8. The van der Waals surface area contributed by atoms with Crippen molar-refractivity contribution in [2.45, 2.75) is 33.2 Å². The largest absolute Gasteiger partial charge is 0.344 e. The molecule has 0 aliphatic carbocycles. The topological polar surface area (TPSA) is 53.9 Å². The molecule has 5 heteroatoms. The molecule has 1 aromatic rings. The minimum Gasteiger partial charge on any atom is -0.344 e. The first kappa shape index (κ1) is 17.5. The first-order chi connectivity index (χ1) is 11.0. The zero-order valence-electron chi connectivity index (χ0n) is 14.4. The lowest BCUT2D eigenvalue weighted by Gasteiger charge is -2.31. The second-order valence-corrected chi connectivity index (χ2v) is 6.37. The maximum atomic E-state index is 12.3. The molecular weight excluding hydrogens is 290 g/mol.